The molecule has 3 aromatic rings. The van der Waals surface area contributed by atoms with Crippen LogP contribution in [0.2, 0.25) is 10.0 Å². The third kappa shape index (κ3) is 4.18. The van der Waals surface area contributed by atoms with E-state index in [9.17, 15) is 4.79 Å². The van der Waals surface area contributed by atoms with Crippen LogP contribution in [0.1, 0.15) is 21.7 Å². The first kappa shape index (κ1) is 19.9. The van der Waals surface area contributed by atoms with Gasteiger partial charge in [0.25, 0.3) is 0 Å². The van der Waals surface area contributed by atoms with Gasteiger partial charge in [-0.15, -0.1) is 0 Å². The van der Waals surface area contributed by atoms with E-state index in [4.69, 9.17) is 37.4 Å². The molecule has 0 saturated carbocycles. The number of ketones is 1. The van der Waals surface area contributed by atoms with E-state index in [1.807, 2.05) is 0 Å². The Hall–Kier alpha value is -2.84. The van der Waals surface area contributed by atoms with Crippen LogP contribution < -0.4 is 14.2 Å². The summed E-state index contributed by atoms with van der Waals surface area (Å²) in [4.78, 5) is 20.8. The van der Waals surface area contributed by atoms with E-state index in [1.165, 1.54) is 33.0 Å². The van der Waals surface area contributed by atoms with E-state index in [1.54, 1.807) is 12.1 Å². The molecule has 0 fully saturated rings. The zero-order valence-corrected chi connectivity index (χ0v) is 16.5. The third-order valence-electron chi connectivity index (χ3n) is 3.84. The van der Waals surface area contributed by atoms with Gasteiger partial charge in [-0.2, -0.15) is 4.98 Å². The maximum Gasteiger partial charge on any atom is 0.213 e. The van der Waals surface area contributed by atoms with E-state index in [2.05, 4.69) is 19.6 Å². The maximum atomic E-state index is 13.0. The van der Waals surface area contributed by atoms with E-state index in [-0.39, 0.29) is 35.9 Å². The van der Waals surface area contributed by atoms with E-state index < -0.39 is 0 Å². The van der Waals surface area contributed by atoms with Crippen LogP contribution in [0.5, 0.6) is 17.2 Å². The fourth-order valence-corrected chi connectivity index (χ4v) is 3.02. The van der Waals surface area contributed by atoms with Crippen LogP contribution >= 0.6 is 23.2 Å². The first-order chi connectivity index (χ1) is 13.5. The summed E-state index contributed by atoms with van der Waals surface area (Å²) in [6, 6.07) is 3.20. The zero-order chi connectivity index (χ0) is 20.1. The summed E-state index contributed by atoms with van der Waals surface area (Å²) in [5, 5.41) is 4.29. The predicted octanol–water partition coefficient (Wildman–Crippen LogP) is 3.79. The van der Waals surface area contributed by atoms with Gasteiger partial charge in [0.2, 0.25) is 18.0 Å². The molecule has 2 aromatic heterocycles. The standard InChI is InChI=1S/C18H15Cl2N3O5/c1-25-15-4-3-10(14(24)5-11-12(19)6-21-7-13(11)20)17(18(15)26-2)27-8-16-22-9-28-23-16/h3-4,6-7,9H,5,8H2,1-2H3. The monoisotopic (exact) mass is 423 g/mol. The first-order valence-electron chi connectivity index (χ1n) is 7.99. The SMILES string of the molecule is COc1ccc(C(=O)Cc2c(Cl)cncc2Cl)c(OCc2ncon2)c1OC. The molecule has 0 amide bonds. The Labute approximate surface area is 170 Å². The Morgan fingerprint density at radius 1 is 1.11 bits per heavy atom. The topological polar surface area (TPSA) is 96.6 Å². The minimum absolute atomic E-state index is 0.0307. The van der Waals surface area contributed by atoms with E-state index in [0.717, 1.165) is 0 Å². The molecule has 8 nitrogen and oxygen atoms in total. The highest BCUT2D eigenvalue weighted by molar-refractivity contribution is 6.36. The third-order valence-corrected chi connectivity index (χ3v) is 4.49. The molecule has 0 aliphatic heterocycles. The van der Waals surface area contributed by atoms with Gasteiger partial charge < -0.3 is 18.7 Å². The number of carbonyl (C=O) groups excluding carboxylic acids is 1. The van der Waals surface area contributed by atoms with Crippen molar-refractivity contribution in [3.05, 3.63) is 57.9 Å². The number of nitrogens with zero attached hydrogens (tertiary/aromatic N) is 3. The van der Waals surface area contributed by atoms with Gasteiger partial charge in [-0.25, -0.2) is 0 Å². The van der Waals surface area contributed by atoms with Crippen molar-refractivity contribution in [3.63, 3.8) is 0 Å². The fourth-order valence-electron chi connectivity index (χ4n) is 2.52. The summed E-state index contributed by atoms with van der Waals surface area (Å²) in [6.07, 6.45) is 3.99. The Balaban J connectivity index is 1.97. The fraction of sp³-hybridized carbons (Fsp3) is 0.222. The predicted molar refractivity (Wildman–Crippen MR) is 100 cm³/mol. The largest absolute Gasteiger partial charge is 0.493 e. The normalized spacial score (nSPS) is 10.6. The summed E-state index contributed by atoms with van der Waals surface area (Å²) >= 11 is 12.3. The quantitative estimate of drug-likeness (QED) is 0.504. The van der Waals surface area contributed by atoms with Gasteiger partial charge in [-0.1, -0.05) is 28.4 Å². The van der Waals surface area contributed by atoms with Crippen LogP contribution in [0.15, 0.2) is 35.4 Å². The molecule has 28 heavy (non-hydrogen) atoms. The Bertz CT molecular complexity index is 959. The number of carbonyl (C=O) groups is 1. The van der Waals surface area contributed by atoms with Crippen LogP contribution in [0.25, 0.3) is 0 Å². The molecule has 0 saturated heterocycles. The number of ether oxygens (including phenoxy) is 3. The van der Waals surface area contributed by atoms with E-state index >= 15 is 0 Å². The number of methoxy groups -OCH3 is 2. The molecule has 146 valence electrons. The lowest BCUT2D eigenvalue weighted by Crippen LogP contribution is -2.10. The van der Waals surface area contributed by atoms with Crippen LogP contribution in [0, 0.1) is 0 Å². The molecule has 1 aromatic carbocycles. The van der Waals surface area contributed by atoms with Gasteiger partial charge in [-0.05, 0) is 12.1 Å². The number of halogens is 2. The number of hydrogen-bond acceptors (Lipinski definition) is 8. The Morgan fingerprint density at radius 3 is 2.46 bits per heavy atom. The minimum Gasteiger partial charge on any atom is -0.493 e. The van der Waals surface area contributed by atoms with Crippen LogP contribution in [-0.4, -0.2) is 35.1 Å². The molecule has 0 radical (unpaired) electrons. The average molecular weight is 424 g/mol. The lowest BCUT2D eigenvalue weighted by atomic mass is 10.0. The molecule has 0 aliphatic rings. The van der Waals surface area contributed by atoms with Crippen molar-refractivity contribution in [2.75, 3.05) is 14.2 Å². The lowest BCUT2D eigenvalue weighted by Gasteiger charge is -2.16. The number of benzene rings is 1. The summed E-state index contributed by atoms with van der Waals surface area (Å²) in [7, 11) is 2.93. The molecule has 2 heterocycles. The van der Waals surface area contributed by atoms with Gasteiger partial charge in [-0.3, -0.25) is 9.78 Å². The van der Waals surface area contributed by atoms with Crippen molar-refractivity contribution < 1.29 is 23.5 Å². The van der Waals surface area contributed by atoms with Crippen molar-refractivity contribution in [2.45, 2.75) is 13.0 Å². The first-order valence-corrected chi connectivity index (χ1v) is 8.74. The molecule has 0 bridgehead atoms. The molecular formula is C18H15Cl2N3O5. The highest BCUT2D eigenvalue weighted by atomic mass is 35.5. The van der Waals surface area contributed by atoms with Crippen LogP contribution in [0.3, 0.4) is 0 Å². The summed E-state index contributed by atoms with van der Waals surface area (Å²) in [5.74, 6) is 0.895. The molecular weight excluding hydrogens is 409 g/mol. The van der Waals surface area contributed by atoms with Crippen molar-refractivity contribution in [2.24, 2.45) is 0 Å². The van der Waals surface area contributed by atoms with Gasteiger partial charge in [0, 0.05) is 24.4 Å². The maximum absolute atomic E-state index is 13.0. The second-order valence-corrected chi connectivity index (χ2v) is 6.31. The molecule has 3 rings (SSSR count). The highest BCUT2D eigenvalue weighted by Gasteiger charge is 2.23. The van der Waals surface area contributed by atoms with Crippen LogP contribution in [-0.2, 0) is 13.0 Å². The van der Waals surface area contributed by atoms with Gasteiger partial charge in [0.05, 0.1) is 29.8 Å². The van der Waals surface area contributed by atoms with Gasteiger partial charge in [0.15, 0.2) is 23.9 Å². The summed E-state index contributed by atoms with van der Waals surface area (Å²) < 4.78 is 21.2. The summed E-state index contributed by atoms with van der Waals surface area (Å²) in [5.41, 5.74) is 0.743. The second kappa shape index (κ2) is 8.90. The highest BCUT2D eigenvalue weighted by Crippen LogP contribution is 2.41. The molecule has 10 heteroatoms. The van der Waals surface area contributed by atoms with E-state index in [0.29, 0.717) is 27.2 Å². The van der Waals surface area contributed by atoms with Crippen LogP contribution in [0.4, 0.5) is 0 Å². The average Bonchev–Trinajstić information content (AvgIpc) is 3.21. The number of hydrogen-bond donors (Lipinski definition) is 0. The summed E-state index contributed by atoms with van der Waals surface area (Å²) in [6.45, 7) is -0.0307. The molecule has 0 aliphatic carbocycles. The number of aromatic nitrogens is 3. The van der Waals surface area contributed by atoms with Gasteiger partial charge in [0.1, 0.15) is 0 Å². The molecule has 0 atom stereocenters. The Kier molecular flexibility index (Phi) is 6.33. The molecule has 0 N–H and O–H groups in total. The number of pyridine rings is 1. The zero-order valence-electron chi connectivity index (χ0n) is 14.9. The van der Waals surface area contributed by atoms with Crippen molar-refractivity contribution >= 4 is 29.0 Å². The van der Waals surface area contributed by atoms with Crippen molar-refractivity contribution in [1.82, 2.24) is 15.1 Å². The second-order valence-electron chi connectivity index (χ2n) is 5.50. The minimum atomic E-state index is -0.279. The number of Topliss-reactive ketones (excluding diaryl/α,β-unsaturated/α-hetero) is 1. The smallest absolute Gasteiger partial charge is 0.213 e. The Morgan fingerprint density at radius 2 is 1.86 bits per heavy atom. The van der Waals surface area contributed by atoms with Crippen molar-refractivity contribution in [1.29, 1.82) is 0 Å². The van der Waals surface area contributed by atoms with Crippen molar-refractivity contribution in [3.8, 4) is 17.2 Å². The van der Waals surface area contributed by atoms with Gasteiger partial charge >= 0.3 is 0 Å². The molecule has 0 spiro atoms. The molecule has 0 unspecified atom stereocenters. The lowest BCUT2D eigenvalue weighted by molar-refractivity contribution is 0.0987. The number of rotatable bonds is 8.